The third-order valence-electron chi connectivity index (χ3n) is 3.74. The first-order valence-corrected chi connectivity index (χ1v) is 6.17. The second-order valence-electron chi connectivity index (χ2n) is 4.73. The number of carbonyl (C=O) groups is 1. The van der Waals surface area contributed by atoms with E-state index < -0.39 is 0 Å². The number of rotatable bonds is 1. The molecular formula is C13H14ClNO. The number of anilines is 1. The van der Waals surface area contributed by atoms with Crippen LogP contribution in [0.25, 0.3) is 0 Å². The normalized spacial score (nSPS) is 28.6. The standard InChI is InChI=1S/C13H14ClNO/c14-10-2-1-3-11(6-10)15-8-9-4-5-12(15)7-13(9)16/h1-3,6,9,12H,4-5,7-8H2. The van der Waals surface area contributed by atoms with Crippen LogP contribution in [0.1, 0.15) is 19.3 Å². The average molecular weight is 236 g/mol. The Hall–Kier alpha value is -1.02. The lowest BCUT2D eigenvalue weighted by Gasteiger charge is -2.45. The zero-order valence-electron chi connectivity index (χ0n) is 9.03. The molecule has 2 aliphatic heterocycles. The van der Waals surface area contributed by atoms with Gasteiger partial charge in [0.05, 0.1) is 0 Å². The van der Waals surface area contributed by atoms with E-state index in [0.717, 1.165) is 36.5 Å². The largest absolute Gasteiger partial charge is 0.367 e. The Labute approximate surface area is 100 Å². The van der Waals surface area contributed by atoms with E-state index in [0.29, 0.717) is 11.8 Å². The lowest BCUT2D eigenvalue weighted by Crippen LogP contribution is -2.52. The van der Waals surface area contributed by atoms with Crippen LogP contribution in [-0.2, 0) is 4.79 Å². The summed E-state index contributed by atoms with van der Waals surface area (Å²) in [5.74, 6) is 0.707. The molecule has 1 aromatic rings. The number of piperidine rings is 2. The predicted molar refractivity (Wildman–Crippen MR) is 64.9 cm³/mol. The van der Waals surface area contributed by atoms with Crippen LogP contribution in [0.3, 0.4) is 0 Å². The van der Waals surface area contributed by atoms with Crippen molar-refractivity contribution in [2.75, 3.05) is 11.4 Å². The predicted octanol–water partition coefficient (Wildman–Crippen LogP) is 2.90. The number of carbonyl (C=O) groups excluding carboxylic acids is 1. The molecular weight excluding hydrogens is 222 g/mol. The molecule has 2 nitrogen and oxygen atoms in total. The monoisotopic (exact) mass is 235 g/mol. The van der Waals surface area contributed by atoms with Crippen LogP contribution in [0, 0.1) is 5.92 Å². The minimum Gasteiger partial charge on any atom is -0.367 e. The van der Waals surface area contributed by atoms with Gasteiger partial charge in [0.25, 0.3) is 0 Å². The van der Waals surface area contributed by atoms with Gasteiger partial charge < -0.3 is 4.90 Å². The van der Waals surface area contributed by atoms with Gasteiger partial charge in [-0.2, -0.15) is 0 Å². The van der Waals surface area contributed by atoms with Crippen molar-refractivity contribution in [3.63, 3.8) is 0 Å². The number of halogens is 1. The number of hydrogen-bond acceptors (Lipinski definition) is 2. The molecule has 1 aliphatic carbocycles. The van der Waals surface area contributed by atoms with Crippen molar-refractivity contribution in [1.82, 2.24) is 0 Å². The van der Waals surface area contributed by atoms with E-state index in [9.17, 15) is 4.79 Å². The molecule has 2 unspecified atom stereocenters. The highest BCUT2D eigenvalue weighted by atomic mass is 35.5. The SMILES string of the molecule is O=C1CC2CCC1CN2c1cccc(Cl)c1. The summed E-state index contributed by atoms with van der Waals surface area (Å²) in [5.41, 5.74) is 1.16. The van der Waals surface area contributed by atoms with Crippen LogP contribution >= 0.6 is 11.6 Å². The van der Waals surface area contributed by atoms with Crippen LogP contribution in [0.4, 0.5) is 5.69 Å². The summed E-state index contributed by atoms with van der Waals surface area (Å²) in [7, 11) is 0. The third kappa shape index (κ3) is 1.61. The van der Waals surface area contributed by atoms with E-state index >= 15 is 0 Å². The van der Waals surface area contributed by atoms with Crippen molar-refractivity contribution < 1.29 is 4.79 Å². The van der Waals surface area contributed by atoms with Gasteiger partial charge in [-0.1, -0.05) is 17.7 Å². The van der Waals surface area contributed by atoms with Crippen LogP contribution in [0.5, 0.6) is 0 Å². The van der Waals surface area contributed by atoms with Gasteiger partial charge in [0.1, 0.15) is 5.78 Å². The topological polar surface area (TPSA) is 20.3 Å². The molecule has 4 rings (SSSR count). The van der Waals surface area contributed by atoms with Crippen LogP contribution in [0.2, 0.25) is 5.02 Å². The first-order valence-electron chi connectivity index (χ1n) is 5.79. The maximum Gasteiger partial charge on any atom is 0.139 e. The van der Waals surface area contributed by atoms with E-state index in [1.807, 2.05) is 18.2 Å². The lowest BCUT2D eigenvalue weighted by molar-refractivity contribution is -0.126. The highest BCUT2D eigenvalue weighted by Crippen LogP contribution is 2.36. The number of hydrogen-bond donors (Lipinski definition) is 0. The number of benzene rings is 1. The van der Waals surface area contributed by atoms with Gasteiger partial charge in [0.15, 0.2) is 0 Å². The van der Waals surface area contributed by atoms with Crippen molar-refractivity contribution in [2.45, 2.75) is 25.3 Å². The molecule has 2 heterocycles. The van der Waals surface area contributed by atoms with Crippen molar-refractivity contribution in [2.24, 2.45) is 5.92 Å². The number of ketones is 1. The molecule has 0 spiro atoms. The molecule has 1 aromatic carbocycles. The minimum atomic E-state index is 0.254. The quantitative estimate of drug-likeness (QED) is 0.746. The second-order valence-corrected chi connectivity index (χ2v) is 5.17. The Morgan fingerprint density at radius 3 is 2.81 bits per heavy atom. The fraction of sp³-hybridized carbons (Fsp3) is 0.462. The average Bonchev–Trinajstić information content (AvgIpc) is 2.29. The van der Waals surface area contributed by atoms with Crippen molar-refractivity contribution in [1.29, 1.82) is 0 Å². The van der Waals surface area contributed by atoms with E-state index in [1.165, 1.54) is 0 Å². The minimum absolute atomic E-state index is 0.254. The van der Waals surface area contributed by atoms with Gasteiger partial charge in [-0.3, -0.25) is 4.79 Å². The van der Waals surface area contributed by atoms with Gasteiger partial charge >= 0.3 is 0 Å². The number of fused-ring (bicyclic) bond motifs is 3. The summed E-state index contributed by atoms with van der Waals surface area (Å²) in [6.07, 6.45) is 2.93. The van der Waals surface area contributed by atoms with E-state index in [-0.39, 0.29) is 5.92 Å². The molecule has 1 saturated carbocycles. The van der Waals surface area contributed by atoms with Gasteiger partial charge in [0, 0.05) is 35.6 Å². The molecule has 3 aliphatic rings. The molecule has 0 radical (unpaired) electrons. The Morgan fingerprint density at radius 2 is 2.19 bits per heavy atom. The van der Waals surface area contributed by atoms with Gasteiger partial charge in [-0.05, 0) is 31.0 Å². The van der Waals surface area contributed by atoms with E-state index in [4.69, 9.17) is 11.6 Å². The zero-order chi connectivity index (χ0) is 11.1. The van der Waals surface area contributed by atoms with Crippen LogP contribution in [-0.4, -0.2) is 18.4 Å². The molecule has 0 N–H and O–H groups in total. The zero-order valence-corrected chi connectivity index (χ0v) is 9.78. The summed E-state index contributed by atoms with van der Waals surface area (Å²) in [4.78, 5) is 14.0. The molecule has 3 heteroatoms. The number of Topliss-reactive ketones (excluding diaryl/α,β-unsaturated/α-hetero) is 1. The summed E-state index contributed by atoms with van der Waals surface area (Å²) in [6.45, 7) is 0.879. The summed E-state index contributed by atoms with van der Waals surface area (Å²) in [5, 5.41) is 0.769. The fourth-order valence-electron chi connectivity index (χ4n) is 2.87. The maximum absolute atomic E-state index is 11.6. The number of nitrogens with zero attached hydrogens (tertiary/aromatic N) is 1. The third-order valence-corrected chi connectivity index (χ3v) is 3.97. The van der Waals surface area contributed by atoms with Crippen molar-refractivity contribution in [3.05, 3.63) is 29.3 Å². The van der Waals surface area contributed by atoms with E-state index in [2.05, 4.69) is 11.0 Å². The fourth-order valence-corrected chi connectivity index (χ4v) is 3.06. The Bertz CT molecular complexity index is 432. The Kier molecular flexibility index (Phi) is 2.40. The molecule has 2 saturated heterocycles. The summed E-state index contributed by atoms with van der Waals surface area (Å²) < 4.78 is 0. The molecule has 3 fully saturated rings. The first kappa shape index (κ1) is 10.2. The van der Waals surface area contributed by atoms with Gasteiger partial charge in [0.2, 0.25) is 0 Å². The highest BCUT2D eigenvalue weighted by molar-refractivity contribution is 6.30. The highest BCUT2D eigenvalue weighted by Gasteiger charge is 2.39. The molecule has 84 valence electrons. The maximum atomic E-state index is 11.6. The second kappa shape index (κ2) is 3.77. The Morgan fingerprint density at radius 1 is 1.31 bits per heavy atom. The molecule has 0 aromatic heterocycles. The smallest absolute Gasteiger partial charge is 0.139 e. The summed E-state index contributed by atoms with van der Waals surface area (Å²) in [6, 6.07) is 8.33. The lowest BCUT2D eigenvalue weighted by atomic mass is 9.78. The molecule has 2 bridgehead atoms. The molecule has 2 atom stereocenters. The van der Waals surface area contributed by atoms with Crippen LogP contribution in [0.15, 0.2) is 24.3 Å². The van der Waals surface area contributed by atoms with Gasteiger partial charge in [-0.15, -0.1) is 0 Å². The van der Waals surface area contributed by atoms with Crippen molar-refractivity contribution in [3.8, 4) is 0 Å². The van der Waals surface area contributed by atoms with Crippen LogP contribution < -0.4 is 4.90 Å². The Balaban J connectivity index is 1.89. The van der Waals surface area contributed by atoms with E-state index in [1.54, 1.807) is 0 Å². The van der Waals surface area contributed by atoms with Crippen molar-refractivity contribution >= 4 is 23.1 Å². The summed E-state index contributed by atoms with van der Waals surface area (Å²) >= 11 is 6.00. The molecule has 16 heavy (non-hydrogen) atoms. The van der Waals surface area contributed by atoms with Gasteiger partial charge in [-0.25, -0.2) is 0 Å². The first-order chi connectivity index (χ1) is 7.74. The molecule has 0 amide bonds.